The van der Waals surface area contributed by atoms with Gasteiger partial charge in [-0.2, -0.15) is 4.80 Å². The lowest BCUT2D eigenvalue weighted by Crippen LogP contribution is -2.38. The quantitative estimate of drug-likeness (QED) is 0.886. The van der Waals surface area contributed by atoms with Gasteiger partial charge in [0.2, 0.25) is 0 Å². The van der Waals surface area contributed by atoms with Gasteiger partial charge in [-0.05, 0) is 47.6 Å². The van der Waals surface area contributed by atoms with Crippen molar-refractivity contribution in [2.24, 2.45) is 18.2 Å². The number of nitrogens with zero attached hydrogens (tertiary/aromatic N) is 4. The van der Waals surface area contributed by atoms with Gasteiger partial charge in [0, 0.05) is 6.42 Å². The minimum atomic E-state index is 0.0807. The van der Waals surface area contributed by atoms with Crippen LogP contribution in [0.5, 0.6) is 0 Å². The molecule has 0 fully saturated rings. The first-order chi connectivity index (χ1) is 9.21. The summed E-state index contributed by atoms with van der Waals surface area (Å²) >= 11 is 0. The van der Waals surface area contributed by atoms with E-state index in [0.717, 1.165) is 31.5 Å². The predicted octanol–water partition coefficient (Wildman–Crippen LogP) is 0.887. The zero-order chi connectivity index (χ0) is 13.3. The van der Waals surface area contributed by atoms with Crippen LogP contribution in [-0.2, 0) is 26.3 Å². The van der Waals surface area contributed by atoms with E-state index in [2.05, 4.69) is 39.7 Å². The maximum absolute atomic E-state index is 6.07. The molecule has 1 aromatic heterocycles. The summed E-state index contributed by atoms with van der Waals surface area (Å²) in [5.41, 5.74) is 9.02. The van der Waals surface area contributed by atoms with Crippen LogP contribution in [0.1, 0.15) is 23.4 Å². The SMILES string of the molecule is Cn1nnc(CC2(CN)CCc3ccccc3C2)n1. The third kappa shape index (κ3) is 2.38. The van der Waals surface area contributed by atoms with Crippen molar-refractivity contribution in [2.45, 2.75) is 25.7 Å². The van der Waals surface area contributed by atoms with Gasteiger partial charge >= 0.3 is 0 Å². The van der Waals surface area contributed by atoms with Crippen molar-refractivity contribution < 1.29 is 0 Å². The van der Waals surface area contributed by atoms with E-state index in [0.29, 0.717) is 6.54 Å². The van der Waals surface area contributed by atoms with Gasteiger partial charge in [0.25, 0.3) is 0 Å². The largest absolute Gasteiger partial charge is 0.330 e. The van der Waals surface area contributed by atoms with Crippen LogP contribution in [0.3, 0.4) is 0 Å². The topological polar surface area (TPSA) is 69.6 Å². The lowest BCUT2D eigenvalue weighted by atomic mass is 9.69. The molecule has 1 unspecified atom stereocenters. The molecule has 1 aromatic carbocycles. The minimum absolute atomic E-state index is 0.0807. The molecule has 0 saturated heterocycles. The highest BCUT2D eigenvalue weighted by atomic mass is 15.6. The molecule has 0 saturated carbocycles. The first kappa shape index (κ1) is 12.3. The average molecular weight is 257 g/mol. The number of rotatable bonds is 3. The fourth-order valence-electron chi connectivity index (χ4n) is 2.99. The highest BCUT2D eigenvalue weighted by Gasteiger charge is 2.34. The molecule has 0 aliphatic heterocycles. The van der Waals surface area contributed by atoms with Gasteiger partial charge < -0.3 is 5.73 Å². The molecule has 2 N–H and O–H groups in total. The molecular formula is C14H19N5. The van der Waals surface area contributed by atoms with Crippen LogP contribution in [0, 0.1) is 5.41 Å². The molecular weight excluding hydrogens is 238 g/mol. The Morgan fingerprint density at radius 3 is 2.79 bits per heavy atom. The molecule has 1 aliphatic carbocycles. The number of tetrazole rings is 1. The van der Waals surface area contributed by atoms with Crippen molar-refractivity contribution in [2.75, 3.05) is 6.54 Å². The average Bonchev–Trinajstić information content (AvgIpc) is 2.84. The van der Waals surface area contributed by atoms with Crippen LogP contribution in [0.4, 0.5) is 0 Å². The fourth-order valence-corrected chi connectivity index (χ4v) is 2.99. The molecule has 1 heterocycles. The Bertz CT molecular complexity index is 577. The first-order valence-electron chi connectivity index (χ1n) is 6.70. The van der Waals surface area contributed by atoms with Crippen LogP contribution in [0.2, 0.25) is 0 Å². The number of aromatic nitrogens is 4. The first-order valence-corrected chi connectivity index (χ1v) is 6.70. The van der Waals surface area contributed by atoms with Gasteiger partial charge in [0.1, 0.15) is 0 Å². The van der Waals surface area contributed by atoms with Crippen molar-refractivity contribution >= 4 is 0 Å². The third-order valence-electron chi connectivity index (χ3n) is 4.12. The van der Waals surface area contributed by atoms with Crippen molar-refractivity contribution in [3.63, 3.8) is 0 Å². The normalized spacial score (nSPS) is 22.2. The number of hydrogen-bond acceptors (Lipinski definition) is 4. The van der Waals surface area contributed by atoms with E-state index >= 15 is 0 Å². The summed E-state index contributed by atoms with van der Waals surface area (Å²) in [6.07, 6.45) is 4.01. The maximum atomic E-state index is 6.07. The predicted molar refractivity (Wildman–Crippen MR) is 72.5 cm³/mol. The van der Waals surface area contributed by atoms with E-state index in [9.17, 15) is 0 Å². The van der Waals surface area contributed by atoms with Crippen molar-refractivity contribution in [3.8, 4) is 0 Å². The number of aryl methyl sites for hydroxylation is 2. The highest BCUT2D eigenvalue weighted by molar-refractivity contribution is 5.31. The highest BCUT2D eigenvalue weighted by Crippen LogP contribution is 2.36. The van der Waals surface area contributed by atoms with E-state index in [1.165, 1.54) is 15.9 Å². The van der Waals surface area contributed by atoms with Crippen LogP contribution >= 0.6 is 0 Å². The summed E-state index contributed by atoms with van der Waals surface area (Å²) in [6.45, 7) is 0.666. The summed E-state index contributed by atoms with van der Waals surface area (Å²) in [5, 5.41) is 12.3. The smallest absolute Gasteiger partial charge is 0.175 e. The molecule has 3 rings (SSSR count). The minimum Gasteiger partial charge on any atom is -0.330 e. The number of benzene rings is 1. The standard InChI is InChI=1S/C14H19N5/c1-19-17-13(16-18-19)9-14(10-15)7-6-11-4-2-3-5-12(11)8-14/h2-5H,6-10,15H2,1H3. The van der Waals surface area contributed by atoms with E-state index in [-0.39, 0.29) is 5.41 Å². The molecule has 1 atom stereocenters. The lowest BCUT2D eigenvalue weighted by Gasteiger charge is -2.36. The summed E-state index contributed by atoms with van der Waals surface area (Å²) in [7, 11) is 1.79. The Labute approximate surface area is 112 Å². The molecule has 1 aliphatic rings. The van der Waals surface area contributed by atoms with Crippen LogP contribution in [0.25, 0.3) is 0 Å². The van der Waals surface area contributed by atoms with Gasteiger partial charge in [-0.15, -0.1) is 10.2 Å². The zero-order valence-electron chi connectivity index (χ0n) is 11.2. The van der Waals surface area contributed by atoms with E-state index in [1.807, 2.05) is 0 Å². The Morgan fingerprint density at radius 2 is 2.11 bits per heavy atom. The number of nitrogens with two attached hydrogens (primary N) is 1. The van der Waals surface area contributed by atoms with E-state index in [1.54, 1.807) is 7.05 Å². The van der Waals surface area contributed by atoms with Gasteiger partial charge in [-0.1, -0.05) is 24.3 Å². The summed E-state index contributed by atoms with van der Waals surface area (Å²) in [6, 6.07) is 8.64. The molecule has 2 aromatic rings. The Balaban J connectivity index is 1.85. The fraction of sp³-hybridized carbons (Fsp3) is 0.500. The second kappa shape index (κ2) is 4.74. The van der Waals surface area contributed by atoms with Crippen molar-refractivity contribution in [3.05, 3.63) is 41.2 Å². The summed E-state index contributed by atoms with van der Waals surface area (Å²) in [5.74, 6) is 0.798. The lowest BCUT2D eigenvalue weighted by molar-refractivity contribution is 0.248. The monoisotopic (exact) mass is 257 g/mol. The van der Waals surface area contributed by atoms with Gasteiger partial charge in [-0.3, -0.25) is 0 Å². The van der Waals surface area contributed by atoms with Gasteiger partial charge in [0.15, 0.2) is 5.82 Å². The Kier molecular flexibility index (Phi) is 3.06. The molecule has 0 radical (unpaired) electrons. The second-order valence-electron chi connectivity index (χ2n) is 5.52. The number of fused-ring (bicyclic) bond motifs is 1. The summed E-state index contributed by atoms with van der Waals surface area (Å²) in [4.78, 5) is 1.51. The number of hydrogen-bond donors (Lipinski definition) is 1. The van der Waals surface area contributed by atoms with Gasteiger partial charge in [0.05, 0.1) is 7.05 Å². The molecule has 5 heteroatoms. The Morgan fingerprint density at radius 1 is 1.32 bits per heavy atom. The third-order valence-corrected chi connectivity index (χ3v) is 4.12. The van der Waals surface area contributed by atoms with E-state index < -0.39 is 0 Å². The van der Waals surface area contributed by atoms with Crippen LogP contribution in [-0.4, -0.2) is 26.8 Å². The molecule has 19 heavy (non-hydrogen) atoms. The van der Waals surface area contributed by atoms with Gasteiger partial charge in [-0.25, -0.2) is 0 Å². The van der Waals surface area contributed by atoms with Crippen LogP contribution in [0.15, 0.2) is 24.3 Å². The summed E-state index contributed by atoms with van der Waals surface area (Å²) < 4.78 is 0. The molecule has 5 nitrogen and oxygen atoms in total. The van der Waals surface area contributed by atoms with Crippen molar-refractivity contribution in [1.82, 2.24) is 20.2 Å². The maximum Gasteiger partial charge on any atom is 0.175 e. The molecule has 0 bridgehead atoms. The van der Waals surface area contributed by atoms with Crippen molar-refractivity contribution in [1.29, 1.82) is 0 Å². The zero-order valence-corrected chi connectivity index (χ0v) is 11.2. The molecule has 0 spiro atoms. The second-order valence-corrected chi connectivity index (χ2v) is 5.52. The molecule has 100 valence electrons. The van der Waals surface area contributed by atoms with Crippen LogP contribution < -0.4 is 5.73 Å². The van der Waals surface area contributed by atoms with E-state index in [4.69, 9.17) is 5.73 Å². The molecule has 0 amide bonds. The Hall–Kier alpha value is -1.75.